The fourth-order valence-electron chi connectivity index (χ4n) is 2.18. The van der Waals surface area contributed by atoms with Gasteiger partial charge in [0.15, 0.2) is 0 Å². The van der Waals surface area contributed by atoms with Gasteiger partial charge in [0, 0.05) is 41.9 Å². The van der Waals surface area contributed by atoms with E-state index in [-0.39, 0.29) is 0 Å². The molecule has 1 N–H and O–H groups in total. The second kappa shape index (κ2) is 5.51. The molecule has 0 saturated carbocycles. The first-order valence-corrected chi connectivity index (χ1v) is 6.67. The van der Waals surface area contributed by atoms with Crippen molar-refractivity contribution in [2.75, 3.05) is 6.54 Å². The van der Waals surface area contributed by atoms with Crippen molar-refractivity contribution >= 4 is 22.5 Å². The molecule has 0 atom stereocenters. The van der Waals surface area contributed by atoms with Crippen molar-refractivity contribution in [1.29, 1.82) is 0 Å². The van der Waals surface area contributed by atoms with Gasteiger partial charge in [-0.05, 0) is 29.7 Å². The van der Waals surface area contributed by atoms with Crippen molar-refractivity contribution in [3.05, 3.63) is 59.6 Å². The lowest BCUT2D eigenvalue weighted by atomic mass is 10.2. The second-order valence-electron chi connectivity index (χ2n) is 4.52. The number of halogens is 1. The van der Waals surface area contributed by atoms with E-state index in [1.54, 1.807) is 12.5 Å². The second-order valence-corrected chi connectivity index (χ2v) is 4.96. The van der Waals surface area contributed by atoms with Crippen LogP contribution in [0.1, 0.15) is 5.56 Å². The van der Waals surface area contributed by atoms with Gasteiger partial charge in [-0.3, -0.25) is 0 Å². The normalized spacial score (nSPS) is 11.2. The van der Waals surface area contributed by atoms with Crippen LogP contribution in [0, 0.1) is 0 Å². The highest BCUT2D eigenvalue weighted by Crippen LogP contribution is 2.20. The maximum atomic E-state index is 6.04. The topological polar surface area (TPSA) is 30.1 Å². The van der Waals surface area contributed by atoms with Gasteiger partial charge in [0.25, 0.3) is 0 Å². The molecule has 3 rings (SSSR count). The number of aromatic nitrogens is 1. The Balaban J connectivity index is 1.60. The summed E-state index contributed by atoms with van der Waals surface area (Å²) in [5.74, 6) is 0. The van der Waals surface area contributed by atoms with Gasteiger partial charge < -0.3 is 14.3 Å². The average molecular weight is 275 g/mol. The van der Waals surface area contributed by atoms with E-state index in [1.807, 2.05) is 24.3 Å². The Hall–Kier alpha value is -1.71. The van der Waals surface area contributed by atoms with E-state index in [4.69, 9.17) is 16.0 Å². The lowest BCUT2D eigenvalue weighted by Gasteiger charge is -2.06. The van der Waals surface area contributed by atoms with Crippen LogP contribution in [0.15, 0.2) is 53.5 Å². The van der Waals surface area contributed by atoms with Crippen LogP contribution >= 0.6 is 11.6 Å². The highest BCUT2D eigenvalue weighted by atomic mass is 35.5. The van der Waals surface area contributed by atoms with Crippen molar-refractivity contribution in [1.82, 2.24) is 9.88 Å². The van der Waals surface area contributed by atoms with Gasteiger partial charge in [0.05, 0.1) is 12.5 Å². The first-order valence-electron chi connectivity index (χ1n) is 6.29. The summed E-state index contributed by atoms with van der Waals surface area (Å²) in [6, 6.07) is 10.1. The molecule has 0 spiro atoms. The number of fused-ring (bicyclic) bond motifs is 1. The summed E-state index contributed by atoms with van der Waals surface area (Å²) in [4.78, 5) is 0. The molecular formula is C15H15ClN2O. The fraction of sp³-hybridized carbons (Fsp3) is 0.200. The number of hydrogen-bond acceptors (Lipinski definition) is 2. The van der Waals surface area contributed by atoms with E-state index >= 15 is 0 Å². The summed E-state index contributed by atoms with van der Waals surface area (Å²) in [6.45, 7) is 2.65. The molecule has 0 saturated heterocycles. The first-order chi connectivity index (χ1) is 9.33. The molecule has 0 aliphatic carbocycles. The molecule has 98 valence electrons. The fourth-order valence-corrected chi connectivity index (χ4v) is 2.34. The van der Waals surface area contributed by atoms with E-state index in [2.05, 4.69) is 22.1 Å². The predicted molar refractivity (Wildman–Crippen MR) is 77.4 cm³/mol. The Morgan fingerprint density at radius 3 is 3.00 bits per heavy atom. The van der Waals surface area contributed by atoms with E-state index < -0.39 is 0 Å². The quantitative estimate of drug-likeness (QED) is 0.720. The number of furan rings is 1. The number of nitrogens with zero attached hydrogens (tertiary/aromatic N) is 1. The Bertz CT molecular complexity index is 658. The Labute approximate surface area is 116 Å². The van der Waals surface area contributed by atoms with E-state index in [0.29, 0.717) is 0 Å². The predicted octanol–water partition coefficient (Wildman–Crippen LogP) is 3.68. The Kier molecular flexibility index (Phi) is 3.58. The van der Waals surface area contributed by atoms with Gasteiger partial charge in [-0.1, -0.05) is 17.7 Å². The zero-order valence-electron chi connectivity index (χ0n) is 10.5. The van der Waals surface area contributed by atoms with Gasteiger partial charge in [-0.15, -0.1) is 0 Å². The van der Waals surface area contributed by atoms with Crippen molar-refractivity contribution < 1.29 is 4.42 Å². The van der Waals surface area contributed by atoms with Crippen molar-refractivity contribution in [3.8, 4) is 0 Å². The van der Waals surface area contributed by atoms with Crippen LogP contribution in [0.25, 0.3) is 10.9 Å². The van der Waals surface area contributed by atoms with Gasteiger partial charge in [0.1, 0.15) is 0 Å². The summed E-state index contributed by atoms with van der Waals surface area (Å²) in [6.07, 6.45) is 5.55. The molecule has 2 aromatic heterocycles. The number of hydrogen-bond donors (Lipinski definition) is 1. The molecule has 1 aromatic carbocycles. The molecule has 2 heterocycles. The van der Waals surface area contributed by atoms with Crippen LogP contribution in [0.5, 0.6) is 0 Å². The van der Waals surface area contributed by atoms with Crippen molar-refractivity contribution in [2.45, 2.75) is 13.1 Å². The highest BCUT2D eigenvalue weighted by Gasteiger charge is 2.01. The molecule has 0 amide bonds. The van der Waals surface area contributed by atoms with Gasteiger partial charge in [-0.25, -0.2) is 0 Å². The van der Waals surface area contributed by atoms with E-state index in [1.165, 1.54) is 16.5 Å². The largest absolute Gasteiger partial charge is 0.472 e. The van der Waals surface area contributed by atoms with Crippen LogP contribution < -0.4 is 5.32 Å². The third kappa shape index (κ3) is 2.83. The van der Waals surface area contributed by atoms with Crippen molar-refractivity contribution in [3.63, 3.8) is 0 Å². The zero-order valence-corrected chi connectivity index (χ0v) is 11.2. The third-order valence-electron chi connectivity index (χ3n) is 3.17. The molecule has 4 heteroatoms. The monoisotopic (exact) mass is 274 g/mol. The summed E-state index contributed by atoms with van der Waals surface area (Å²) in [7, 11) is 0. The average Bonchev–Trinajstić information content (AvgIpc) is 3.04. The molecule has 3 nitrogen and oxygen atoms in total. The highest BCUT2D eigenvalue weighted by molar-refractivity contribution is 6.31. The van der Waals surface area contributed by atoms with Gasteiger partial charge >= 0.3 is 0 Å². The molecule has 0 aliphatic heterocycles. The van der Waals surface area contributed by atoms with Crippen LogP contribution in [0.3, 0.4) is 0 Å². The molecule has 0 unspecified atom stereocenters. The molecule has 0 radical (unpaired) electrons. The summed E-state index contributed by atoms with van der Waals surface area (Å²) in [5, 5.41) is 5.39. The summed E-state index contributed by atoms with van der Waals surface area (Å²) in [5.41, 5.74) is 2.35. The lowest BCUT2D eigenvalue weighted by Crippen LogP contribution is -2.18. The molecule has 0 bridgehead atoms. The SMILES string of the molecule is Clc1ccc2ccn(CCNCc3ccoc3)c2c1. The van der Waals surface area contributed by atoms with E-state index in [9.17, 15) is 0 Å². The van der Waals surface area contributed by atoms with Crippen LogP contribution in [0.4, 0.5) is 0 Å². The maximum absolute atomic E-state index is 6.04. The molecule has 0 aliphatic rings. The Morgan fingerprint density at radius 2 is 2.16 bits per heavy atom. The van der Waals surface area contributed by atoms with Crippen LogP contribution in [-0.2, 0) is 13.1 Å². The zero-order chi connectivity index (χ0) is 13.1. The maximum Gasteiger partial charge on any atom is 0.0947 e. The summed E-state index contributed by atoms with van der Waals surface area (Å²) >= 11 is 6.04. The van der Waals surface area contributed by atoms with Crippen LogP contribution in [-0.4, -0.2) is 11.1 Å². The van der Waals surface area contributed by atoms with Gasteiger partial charge in [-0.2, -0.15) is 0 Å². The first kappa shape index (κ1) is 12.3. The number of rotatable bonds is 5. The smallest absolute Gasteiger partial charge is 0.0947 e. The van der Waals surface area contributed by atoms with Crippen LogP contribution in [0.2, 0.25) is 5.02 Å². The molecular weight excluding hydrogens is 260 g/mol. The minimum absolute atomic E-state index is 0.777. The third-order valence-corrected chi connectivity index (χ3v) is 3.41. The minimum atomic E-state index is 0.777. The molecule has 19 heavy (non-hydrogen) atoms. The molecule has 0 fully saturated rings. The number of nitrogens with one attached hydrogen (secondary N) is 1. The Morgan fingerprint density at radius 1 is 1.21 bits per heavy atom. The van der Waals surface area contributed by atoms with Gasteiger partial charge in [0.2, 0.25) is 0 Å². The number of benzene rings is 1. The van der Waals surface area contributed by atoms with E-state index in [0.717, 1.165) is 24.7 Å². The summed E-state index contributed by atoms with van der Waals surface area (Å²) < 4.78 is 7.24. The lowest BCUT2D eigenvalue weighted by molar-refractivity contribution is 0.557. The standard InChI is InChI=1S/C15H15ClN2O/c16-14-2-1-13-3-6-18(15(13)9-14)7-5-17-10-12-4-8-19-11-12/h1-4,6,8-9,11,17H,5,7,10H2. The molecule has 3 aromatic rings. The van der Waals surface area contributed by atoms with Crippen molar-refractivity contribution in [2.24, 2.45) is 0 Å². The minimum Gasteiger partial charge on any atom is -0.472 e.